The second-order valence-corrected chi connectivity index (χ2v) is 6.08. The zero-order valence-corrected chi connectivity index (χ0v) is 17.9. The van der Waals surface area contributed by atoms with Crippen LogP contribution in [-0.2, 0) is 19.1 Å². The van der Waals surface area contributed by atoms with Crippen molar-refractivity contribution in [2.75, 3.05) is 20.6 Å². The summed E-state index contributed by atoms with van der Waals surface area (Å²) >= 11 is 0. The summed E-state index contributed by atoms with van der Waals surface area (Å²) < 4.78 is 37.9. The van der Waals surface area contributed by atoms with Gasteiger partial charge in [-0.2, -0.15) is 13.2 Å². The monoisotopic (exact) mass is 492 g/mol. The molecule has 2 rings (SSSR count). The number of nitrogens with one attached hydrogen (secondary N) is 1. The van der Waals surface area contributed by atoms with E-state index in [9.17, 15) is 13.2 Å². The molecule has 0 spiro atoms. The summed E-state index contributed by atoms with van der Waals surface area (Å²) in [6, 6.07) is 7.18. The first-order chi connectivity index (χ1) is 12.3. The number of benzene rings is 1. The van der Waals surface area contributed by atoms with Gasteiger partial charge in [0.15, 0.2) is 5.96 Å². The Morgan fingerprint density at radius 1 is 1.19 bits per heavy atom. The van der Waals surface area contributed by atoms with Crippen LogP contribution in [0.5, 0.6) is 0 Å². The molecule has 1 aromatic carbocycles. The first-order valence-electron chi connectivity index (χ1n) is 8.28. The van der Waals surface area contributed by atoms with E-state index in [0.717, 1.165) is 29.7 Å². The highest BCUT2D eigenvalue weighted by atomic mass is 127. The van der Waals surface area contributed by atoms with E-state index in [2.05, 4.69) is 15.3 Å². The summed E-state index contributed by atoms with van der Waals surface area (Å²) in [5.74, 6) is 0.691. The fourth-order valence-electron chi connectivity index (χ4n) is 2.62. The summed E-state index contributed by atoms with van der Waals surface area (Å²) in [5.41, 5.74) is 2.50. The lowest BCUT2D eigenvalue weighted by Crippen LogP contribution is -2.39. The number of aromatic nitrogens is 1. The first-order valence-corrected chi connectivity index (χ1v) is 8.28. The van der Waals surface area contributed by atoms with E-state index in [1.165, 1.54) is 17.7 Å². The average molecular weight is 492 g/mol. The number of hydrogen-bond acceptors (Lipinski definition) is 2. The minimum absolute atomic E-state index is 0. The van der Waals surface area contributed by atoms with Gasteiger partial charge < -0.3 is 10.2 Å². The number of guanidine groups is 1. The molecule has 0 saturated heterocycles. The van der Waals surface area contributed by atoms with E-state index in [4.69, 9.17) is 0 Å². The number of pyridine rings is 1. The molecule has 0 aliphatic heterocycles. The molecule has 27 heavy (non-hydrogen) atoms. The van der Waals surface area contributed by atoms with Crippen molar-refractivity contribution < 1.29 is 13.2 Å². The van der Waals surface area contributed by atoms with Crippen LogP contribution < -0.4 is 5.32 Å². The van der Waals surface area contributed by atoms with E-state index in [-0.39, 0.29) is 24.0 Å². The molecular weight excluding hydrogens is 468 g/mol. The second kappa shape index (κ2) is 10.5. The normalized spacial score (nSPS) is 11.7. The number of aliphatic imine (C=N–C) groups is 1. The molecule has 0 fully saturated rings. The summed E-state index contributed by atoms with van der Waals surface area (Å²) in [4.78, 5) is 10.2. The molecule has 0 saturated carbocycles. The number of aryl methyl sites for hydroxylation is 1. The molecule has 2 aromatic rings. The highest BCUT2D eigenvalue weighted by molar-refractivity contribution is 14.0. The van der Waals surface area contributed by atoms with Crippen molar-refractivity contribution in [1.29, 1.82) is 0 Å². The first kappa shape index (κ1) is 23.2. The smallest absolute Gasteiger partial charge is 0.356 e. The lowest BCUT2D eigenvalue weighted by molar-refractivity contribution is -0.137. The van der Waals surface area contributed by atoms with Gasteiger partial charge in [-0.3, -0.25) is 9.98 Å². The summed E-state index contributed by atoms with van der Waals surface area (Å²) in [7, 11) is 3.54. The molecule has 0 bridgehead atoms. The predicted molar refractivity (Wildman–Crippen MR) is 112 cm³/mol. The average Bonchev–Trinajstić information content (AvgIpc) is 2.60. The molecular formula is C19H24F3IN4. The van der Waals surface area contributed by atoms with Crippen molar-refractivity contribution in [3.05, 3.63) is 65.0 Å². The Kier molecular flexibility index (Phi) is 9.01. The van der Waals surface area contributed by atoms with Crippen LogP contribution in [0.15, 0.2) is 47.7 Å². The van der Waals surface area contributed by atoms with E-state index in [1.807, 2.05) is 31.1 Å². The molecule has 1 N–H and O–H groups in total. The Bertz CT molecular complexity index is 745. The van der Waals surface area contributed by atoms with Gasteiger partial charge in [-0.25, -0.2) is 0 Å². The molecule has 148 valence electrons. The lowest BCUT2D eigenvalue weighted by atomic mass is 10.1. The van der Waals surface area contributed by atoms with Crippen molar-refractivity contribution in [3.63, 3.8) is 0 Å². The minimum atomic E-state index is -4.31. The third-order valence-corrected chi connectivity index (χ3v) is 4.09. The Balaban J connectivity index is 0.00000364. The zero-order valence-electron chi connectivity index (χ0n) is 15.5. The second-order valence-electron chi connectivity index (χ2n) is 6.08. The molecule has 1 heterocycles. The van der Waals surface area contributed by atoms with Gasteiger partial charge in [0, 0.05) is 39.6 Å². The third kappa shape index (κ3) is 7.00. The van der Waals surface area contributed by atoms with Gasteiger partial charge in [0.05, 0.1) is 5.56 Å². The van der Waals surface area contributed by atoms with Gasteiger partial charge in [0.1, 0.15) is 0 Å². The van der Waals surface area contributed by atoms with Crippen LogP contribution in [-0.4, -0.2) is 36.5 Å². The maximum Gasteiger partial charge on any atom is 0.416 e. The molecule has 0 aliphatic rings. The summed E-state index contributed by atoms with van der Waals surface area (Å²) in [6.45, 7) is 3.19. The number of alkyl halides is 3. The molecule has 0 atom stereocenters. The van der Waals surface area contributed by atoms with Gasteiger partial charge in [0.25, 0.3) is 0 Å². The minimum Gasteiger partial charge on any atom is -0.356 e. The van der Waals surface area contributed by atoms with Crippen LogP contribution in [0.25, 0.3) is 0 Å². The van der Waals surface area contributed by atoms with E-state index in [0.29, 0.717) is 19.0 Å². The van der Waals surface area contributed by atoms with Crippen LogP contribution in [0.3, 0.4) is 0 Å². The van der Waals surface area contributed by atoms with E-state index >= 15 is 0 Å². The van der Waals surface area contributed by atoms with Gasteiger partial charge in [-0.05, 0) is 48.2 Å². The van der Waals surface area contributed by atoms with Crippen LogP contribution >= 0.6 is 24.0 Å². The number of halogens is 4. The maximum atomic E-state index is 12.6. The molecule has 0 unspecified atom stereocenters. The van der Waals surface area contributed by atoms with Gasteiger partial charge in [-0.15, -0.1) is 24.0 Å². The number of rotatable bonds is 5. The quantitative estimate of drug-likeness (QED) is 0.385. The van der Waals surface area contributed by atoms with E-state index < -0.39 is 11.7 Å². The van der Waals surface area contributed by atoms with Crippen molar-refractivity contribution in [1.82, 2.24) is 15.2 Å². The fourth-order valence-corrected chi connectivity index (χ4v) is 2.62. The van der Waals surface area contributed by atoms with Crippen molar-refractivity contribution in [3.8, 4) is 0 Å². The maximum absolute atomic E-state index is 12.6. The lowest BCUT2D eigenvalue weighted by Gasteiger charge is -2.22. The van der Waals surface area contributed by atoms with Crippen LogP contribution in [0, 0.1) is 6.92 Å². The van der Waals surface area contributed by atoms with Gasteiger partial charge in [-0.1, -0.05) is 12.1 Å². The topological polar surface area (TPSA) is 40.5 Å². The van der Waals surface area contributed by atoms with Crippen LogP contribution in [0.2, 0.25) is 0 Å². The van der Waals surface area contributed by atoms with Gasteiger partial charge in [0.2, 0.25) is 0 Å². The molecule has 0 amide bonds. The highest BCUT2D eigenvalue weighted by Gasteiger charge is 2.29. The SMILES string of the molecule is CN=C(NCCc1ccncc1C)N(C)Cc1ccc(C(F)(F)F)cc1.I. The Morgan fingerprint density at radius 3 is 2.41 bits per heavy atom. The molecule has 0 radical (unpaired) electrons. The fraction of sp³-hybridized carbons (Fsp3) is 0.368. The van der Waals surface area contributed by atoms with Crippen LogP contribution in [0.1, 0.15) is 22.3 Å². The number of nitrogens with zero attached hydrogens (tertiary/aromatic N) is 3. The third-order valence-electron chi connectivity index (χ3n) is 4.09. The molecule has 0 aliphatic carbocycles. The Morgan fingerprint density at radius 2 is 1.85 bits per heavy atom. The standard InChI is InChI=1S/C19H23F3N4.HI/c1-14-12-24-10-8-16(14)9-11-25-18(23-2)26(3)13-15-4-6-17(7-5-15)19(20,21)22;/h4-8,10,12H,9,11,13H2,1-3H3,(H,23,25);1H. The number of hydrogen-bond donors (Lipinski definition) is 1. The molecule has 4 nitrogen and oxygen atoms in total. The van der Waals surface area contributed by atoms with Gasteiger partial charge >= 0.3 is 6.18 Å². The van der Waals surface area contributed by atoms with Crippen molar-refractivity contribution >= 4 is 29.9 Å². The Labute approximate surface area is 174 Å². The van der Waals surface area contributed by atoms with Crippen LogP contribution in [0.4, 0.5) is 13.2 Å². The summed E-state index contributed by atoms with van der Waals surface area (Å²) in [6.07, 6.45) is 0.128. The molecule has 1 aromatic heterocycles. The predicted octanol–water partition coefficient (Wildman–Crippen LogP) is 4.28. The zero-order chi connectivity index (χ0) is 19.2. The summed E-state index contributed by atoms with van der Waals surface area (Å²) in [5, 5.41) is 3.28. The Hall–Kier alpha value is -1.84. The van der Waals surface area contributed by atoms with Crippen molar-refractivity contribution in [2.24, 2.45) is 4.99 Å². The highest BCUT2D eigenvalue weighted by Crippen LogP contribution is 2.29. The van der Waals surface area contributed by atoms with Crippen molar-refractivity contribution in [2.45, 2.75) is 26.1 Å². The van der Waals surface area contributed by atoms with E-state index in [1.54, 1.807) is 13.2 Å². The molecule has 8 heteroatoms. The largest absolute Gasteiger partial charge is 0.416 e.